The summed E-state index contributed by atoms with van der Waals surface area (Å²) in [5.41, 5.74) is 1.29. The molecule has 3 aromatic rings. The van der Waals surface area contributed by atoms with Crippen molar-refractivity contribution in [1.29, 1.82) is 0 Å². The molecule has 34 heavy (non-hydrogen) atoms. The second-order valence-electron chi connectivity index (χ2n) is 7.75. The summed E-state index contributed by atoms with van der Waals surface area (Å²) in [4.78, 5) is 13.0. The summed E-state index contributed by atoms with van der Waals surface area (Å²) in [5, 5.41) is 2.77. The predicted molar refractivity (Wildman–Crippen MR) is 128 cm³/mol. The molecule has 0 radical (unpaired) electrons. The van der Waals surface area contributed by atoms with Crippen LogP contribution in [-0.4, -0.2) is 47.2 Å². The van der Waals surface area contributed by atoms with Crippen molar-refractivity contribution in [3.63, 3.8) is 0 Å². The van der Waals surface area contributed by atoms with Crippen LogP contribution < -0.4 is 23.8 Å². The lowest BCUT2D eigenvalue weighted by molar-refractivity contribution is -0.127. The molecule has 8 nitrogen and oxygen atoms in total. The number of carbonyl (C=O) groups excluding carboxylic acids is 1. The third kappa shape index (κ3) is 5.09. The van der Waals surface area contributed by atoms with Gasteiger partial charge < -0.3 is 19.5 Å². The number of benzene rings is 3. The number of hydrogen-bond donors (Lipinski definition) is 1. The third-order valence-electron chi connectivity index (χ3n) is 5.32. The largest absolute Gasteiger partial charge is 0.497 e. The van der Waals surface area contributed by atoms with Crippen LogP contribution in [-0.2, 0) is 14.8 Å². The standard InChI is InChI=1S/C25H26N2O6S/c1-18-11-12-22-23(15-18)33-24(17-27(22)34(29,30)21-9-4-3-5-10-21)25(28)26-13-14-32-20-8-6-7-19(16-20)31-2/h3-12,15-16,24H,13-14,17H2,1-2H3,(H,26,28)/t24-/m0/s1. The summed E-state index contributed by atoms with van der Waals surface area (Å²) in [6.45, 7) is 2.19. The van der Waals surface area contributed by atoms with Crippen LogP contribution in [0.15, 0.2) is 77.7 Å². The summed E-state index contributed by atoms with van der Waals surface area (Å²) < 4.78 is 44.7. The van der Waals surface area contributed by atoms with Gasteiger partial charge in [0.25, 0.3) is 15.9 Å². The fourth-order valence-corrected chi connectivity index (χ4v) is 5.09. The maximum absolute atomic E-state index is 13.4. The number of fused-ring (bicyclic) bond motifs is 1. The normalized spacial score (nSPS) is 15.1. The Hall–Kier alpha value is -3.72. The second kappa shape index (κ2) is 10.0. The Bertz CT molecular complexity index is 1260. The Balaban J connectivity index is 1.46. The lowest BCUT2D eigenvalue weighted by atomic mass is 10.1. The number of sulfonamides is 1. The number of nitrogens with zero attached hydrogens (tertiary/aromatic N) is 1. The highest BCUT2D eigenvalue weighted by Crippen LogP contribution is 2.37. The molecule has 178 valence electrons. The van der Waals surface area contributed by atoms with Crippen molar-refractivity contribution in [2.75, 3.05) is 31.1 Å². The first-order chi connectivity index (χ1) is 16.4. The Kier molecular flexibility index (Phi) is 6.93. The van der Waals surface area contributed by atoms with Gasteiger partial charge in [0.05, 0.1) is 30.8 Å². The van der Waals surface area contributed by atoms with Crippen LogP contribution in [0, 0.1) is 6.92 Å². The number of anilines is 1. The summed E-state index contributed by atoms with van der Waals surface area (Å²) in [6.07, 6.45) is -1.01. The predicted octanol–water partition coefficient (Wildman–Crippen LogP) is 3.16. The van der Waals surface area contributed by atoms with Crippen LogP contribution >= 0.6 is 0 Å². The van der Waals surface area contributed by atoms with Gasteiger partial charge in [0.15, 0.2) is 6.10 Å². The van der Waals surface area contributed by atoms with Gasteiger partial charge in [0.2, 0.25) is 0 Å². The SMILES string of the molecule is COc1cccc(OCCNC(=O)[C@@H]2CN(S(=O)(=O)c3ccccc3)c3ccc(C)cc3O2)c1. The van der Waals surface area contributed by atoms with Crippen LogP contribution in [0.25, 0.3) is 0 Å². The van der Waals surface area contributed by atoms with E-state index in [2.05, 4.69) is 5.32 Å². The van der Waals surface area contributed by atoms with Crippen LogP contribution in [0.4, 0.5) is 5.69 Å². The van der Waals surface area contributed by atoms with Crippen LogP contribution in [0.3, 0.4) is 0 Å². The fraction of sp³-hybridized carbons (Fsp3) is 0.240. The topological polar surface area (TPSA) is 94.2 Å². The smallest absolute Gasteiger partial charge is 0.264 e. The zero-order chi connectivity index (χ0) is 24.1. The maximum atomic E-state index is 13.4. The molecule has 1 aliphatic rings. The quantitative estimate of drug-likeness (QED) is 0.496. The molecule has 1 heterocycles. The average molecular weight is 483 g/mol. The Morgan fingerprint density at radius 3 is 2.59 bits per heavy atom. The summed E-state index contributed by atoms with van der Waals surface area (Å²) in [6, 6.07) is 20.5. The lowest BCUT2D eigenvalue weighted by Crippen LogP contribution is -2.51. The Labute approximate surface area is 199 Å². The van der Waals surface area contributed by atoms with Gasteiger partial charge in [-0.15, -0.1) is 0 Å². The molecule has 0 saturated carbocycles. The van der Waals surface area contributed by atoms with E-state index in [1.54, 1.807) is 49.6 Å². The molecule has 0 aromatic heterocycles. The number of aryl methyl sites for hydroxylation is 1. The van der Waals surface area contributed by atoms with Gasteiger partial charge in [0, 0.05) is 6.07 Å². The van der Waals surface area contributed by atoms with Gasteiger partial charge in [-0.2, -0.15) is 0 Å². The zero-order valence-electron chi connectivity index (χ0n) is 18.9. The van der Waals surface area contributed by atoms with Crippen LogP contribution in [0.1, 0.15) is 5.56 Å². The number of nitrogens with one attached hydrogen (secondary N) is 1. The average Bonchev–Trinajstić information content (AvgIpc) is 2.86. The highest BCUT2D eigenvalue weighted by atomic mass is 32.2. The first kappa shape index (κ1) is 23.4. The van der Waals surface area contributed by atoms with Crippen molar-refractivity contribution in [1.82, 2.24) is 5.32 Å². The van der Waals surface area contributed by atoms with Gasteiger partial charge in [-0.1, -0.05) is 30.3 Å². The van der Waals surface area contributed by atoms with E-state index < -0.39 is 22.0 Å². The molecule has 1 amide bonds. The van der Waals surface area contributed by atoms with E-state index in [1.807, 2.05) is 25.1 Å². The van der Waals surface area contributed by atoms with E-state index >= 15 is 0 Å². The molecule has 4 rings (SSSR count). The molecule has 9 heteroatoms. The molecular weight excluding hydrogens is 456 g/mol. The van der Waals surface area contributed by atoms with Gasteiger partial charge in [-0.25, -0.2) is 8.42 Å². The summed E-state index contributed by atoms with van der Waals surface area (Å²) >= 11 is 0. The zero-order valence-corrected chi connectivity index (χ0v) is 19.7. The minimum absolute atomic E-state index is 0.143. The molecule has 1 aliphatic heterocycles. The van der Waals surface area contributed by atoms with E-state index in [1.165, 1.54) is 16.4 Å². The third-order valence-corrected chi connectivity index (χ3v) is 7.11. The van der Waals surface area contributed by atoms with E-state index in [-0.39, 0.29) is 24.6 Å². The molecule has 0 spiro atoms. The minimum Gasteiger partial charge on any atom is -0.497 e. The van der Waals surface area contributed by atoms with Gasteiger partial charge in [0.1, 0.15) is 23.9 Å². The summed E-state index contributed by atoms with van der Waals surface area (Å²) in [5.74, 6) is 1.21. The van der Waals surface area contributed by atoms with Crippen molar-refractivity contribution in [3.8, 4) is 17.2 Å². The van der Waals surface area contributed by atoms with Crippen molar-refractivity contribution < 1.29 is 27.4 Å². The Morgan fingerprint density at radius 2 is 1.82 bits per heavy atom. The maximum Gasteiger partial charge on any atom is 0.264 e. The monoisotopic (exact) mass is 482 g/mol. The number of hydrogen-bond acceptors (Lipinski definition) is 6. The van der Waals surface area contributed by atoms with Crippen molar-refractivity contribution in [3.05, 3.63) is 78.4 Å². The summed E-state index contributed by atoms with van der Waals surface area (Å²) in [7, 11) is -2.31. The highest BCUT2D eigenvalue weighted by molar-refractivity contribution is 7.92. The lowest BCUT2D eigenvalue weighted by Gasteiger charge is -2.35. The van der Waals surface area contributed by atoms with E-state index in [4.69, 9.17) is 14.2 Å². The van der Waals surface area contributed by atoms with Crippen molar-refractivity contribution in [2.24, 2.45) is 0 Å². The van der Waals surface area contributed by atoms with Gasteiger partial charge in [-0.05, 0) is 48.9 Å². The van der Waals surface area contributed by atoms with Gasteiger partial charge >= 0.3 is 0 Å². The Morgan fingerprint density at radius 1 is 1.06 bits per heavy atom. The molecule has 1 N–H and O–H groups in total. The van der Waals surface area contributed by atoms with Crippen LogP contribution in [0.2, 0.25) is 0 Å². The van der Waals surface area contributed by atoms with Gasteiger partial charge in [-0.3, -0.25) is 9.10 Å². The van der Waals surface area contributed by atoms with E-state index in [9.17, 15) is 13.2 Å². The molecular formula is C25H26N2O6S. The van der Waals surface area contributed by atoms with Crippen molar-refractivity contribution >= 4 is 21.6 Å². The molecule has 0 aliphatic carbocycles. The number of ether oxygens (including phenoxy) is 3. The van der Waals surface area contributed by atoms with E-state index in [0.717, 1.165) is 5.56 Å². The number of carbonyl (C=O) groups is 1. The molecule has 0 bridgehead atoms. The highest BCUT2D eigenvalue weighted by Gasteiger charge is 2.37. The number of methoxy groups -OCH3 is 1. The first-order valence-electron chi connectivity index (χ1n) is 10.8. The minimum atomic E-state index is -3.89. The second-order valence-corrected chi connectivity index (χ2v) is 9.61. The molecule has 3 aromatic carbocycles. The number of amides is 1. The van der Waals surface area contributed by atoms with E-state index in [0.29, 0.717) is 22.9 Å². The van der Waals surface area contributed by atoms with Crippen molar-refractivity contribution in [2.45, 2.75) is 17.9 Å². The van der Waals surface area contributed by atoms with Crippen LogP contribution in [0.5, 0.6) is 17.2 Å². The molecule has 1 atom stereocenters. The molecule has 0 fully saturated rings. The first-order valence-corrected chi connectivity index (χ1v) is 12.2. The fourth-order valence-electron chi connectivity index (χ4n) is 3.59. The number of rotatable bonds is 8. The molecule has 0 saturated heterocycles. The molecule has 0 unspecified atom stereocenters.